The number of pyridine rings is 1. The highest BCUT2D eigenvalue weighted by atomic mass is 35.5. The molecule has 0 aliphatic carbocycles. The van der Waals surface area contributed by atoms with Gasteiger partial charge >= 0.3 is 6.03 Å². The van der Waals surface area contributed by atoms with E-state index in [4.69, 9.17) is 11.6 Å². The van der Waals surface area contributed by atoms with Crippen LogP contribution in [0.1, 0.15) is 64.0 Å². The lowest BCUT2D eigenvalue weighted by Crippen LogP contribution is -2.38. The Labute approximate surface area is 299 Å². The summed E-state index contributed by atoms with van der Waals surface area (Å²) in [6, 6.07) is 12.5. The van der Waals surface area contributed by atoms with Crippen molar-refractivity contribution in [2.45, 2.75) is 93.6 Å². The van der Waals surface area contributed by atoms with Crippen molar-refractivity contribution in [3.05, 3.63) is 72.9 Å². The molecule has 3 aliphatic heterocycles. The minimum Gasteiger partial charge on any atom is -0.356 e. The van der Waals surface area contributed by atoms with Crippen LogP contribution >= 0.6 is 46.5 Å². The van der Waals surface area contributed by atoms with E-state index < -0.39 is 0 Å². The van der Waals surface area contributed by atoms with Gasteiger partial charge < -0.3 is 20.9 Å². The molecule has 0 spiro atoms. The van der Waals surface area contributed by atoms with Crippen molar-refractivity contribution in [2.24, 2.45) is 0 Å². The molecule has 3 amide bonds. The molecule has 0 radical (unpaired) electrons. The molecule has 0 saturated carbocycles. The zero-order valence-corrected chi connectivity index (χ0v) is 30.7. The lowest BCUT2D eigenvalue weighted by Gasteiger charge is -2.16. The smallest absolute Gasteiger partial charge is 0.315 e. The van der Waals surface area contributed by atoms with Crippen LogP contribution in [-0.2, 0) is 17.9 Å². The highest BCUT2D eigenvalue weighted by molar-refractivity contribution is 8.08. The molecule has 0 unspecified atom stereocenters. The van der Waals surface area contributed by atoms with Gasteiger partial charge in [0, 0.05) is 67.1 Å². The molecule has 48 heavy (non-hydrogen) atoms. The first kappa shape index (κ1) is 34.9. The van der Waals surface area contributed by atoms with Gasteiger partial charge in [-0.25, -0.2) is 4.79 Å². The van der Waals surface area contributed by atoms with Crippen LogP contribution in [0, 0.1) is 0 Å². The normalized spacial score (nSPS) is 21.3. The molecular weight excluding hydrogens is 684 g/mol. The summed E-state index contributed by atoms with van der Waals surface area (Å²) in [5, 5.41) is 11.2. The molecule has 9 nitrogen and oxygen atoms in total. The first-order chi connectivity index (χ1) is 23.3. The lowest BCUT2D eigenvalue weighted by molar-refractivity contribution is -0.699. The lowest BCUT2D eigenvalue weighted by atomic mass is 10.0. The maximum atomic E-state index is 13.6. The van der Waals surface area contributed by atoms with Gasteiger partial charge in [0.25, 0.3) is 5.56 Å². The zero-order valence-electron chi connectivity index (χ0n) is 27.5. The van der Waals surface area contributed by atoms with E-state index in [-0.39, 0.29) is 29.6 Å². The van der Waals surface area contributed by atoms with Crippen LogP contribution in [0.15, 0.2) is 52.3 Å². The van der Waals surface area contributed by atoms with E-state index in [2.05, 4.69) is 38.9 Å². The maximum absolute atomic E-state index is 13.6. The summed E-state index contributed by atoms with van der Waals surface area (Å²) in [4.78, 5) is 40.6. The molecule has 3 atom stereocenters. The number of urea groups is 1. The quantitative estimate of drug-likeness (QED) is 0.129. The predicted molar refractivity (Wildman–Crippen MR) is 198 cm³/mol. The summed E-state index contributed by atoms with van der Waals surface area (Å²) in [7, 11) is 1.97. The number of unbranched alkanes of at least 4 members (excludes halogenated alkanes) is 4. The fourth-order valence-electron chi connectivity index (χ4n) is 6.65. The SMILES string of the molecule is CCn1c(=O)/c(=C2\Sc3cccc(Cl)c3N2C)s/c1=C\c1cccc[n+]1CCCCCCNC(=O)CCCC[C@@H]1SC[C@@H]2NC(=O)N[C@@H]21. The average molecular weight is 728 g/mol. The Balaban J connectivity index is 0.957. The summed E-state index contributed by atoms with van der Waals surface area (Å²) < 4.78 is 5.78. The number of halogens is 1. The summed E-state index contributed by atoms with van der Waals surface area (Å²) in [6.45, 7) is 4.21. The number of aryl methyl sites for hydroxylation is 1. The summed E-state index contributed by atoms with van der Waals surface area (Å²) in [5.74, 6) is 1.11. The van der Waals surface area contributed by atoms with Crippen molar-refractivity contribution in [2.75, 3.05) is 24.2 Å². The van der Waals surface area contributed by atoms with E-state index in [0.717, 1.165) is 94.3 Å². The number of hydrogen-bond acceptors (Lipinski definition) is 7. The number of rotatable bonds is 14. The Morgan fingerprint density at radius 1 is 1.08 bits per heavy atom. The highest BCUT2D eigenvalue weighted by Gasteiger charge is 2.42. The molecule has 2 aromatic heterocycles. The number of hydrogen-bond donors (Lipinski definition) is 3. The second-order valence-electron chi connectivity index (χ2n) is 12.5. The van der Waals surface area contributed by atoms with E-state index in [1.807, 2.05) is 65.5 Å². The minimum atomic E-state index is -0.0467. The minimum absolute atomic E-state index is 0.0286. The van der Waals surface area contributed by atoms with Crippen molar-refractivity contribution < 1.29 is 14.2 Å². The van der Waals surface area contributed by atoms with Crippen LogP contribution in [-0.4, -0.2) is 53.2 Å². The Hall–Kier alpha value is -2.93. The van der Waals surface area contributed by atoms with Gasteiger partial charge in [-0.15, -0.1) is 11.3 Å². The fraction of sp³-hybridized carbons (Fsp3) is 0.486. The number of nitrogens with one attached hydrogen (secondary N) is 3. The van der Waals surface area contributed by atoms with Gasteiger partial charge in [0.15, 0.2) is 6.20 Å². The van der Waals surface area contributed by atoms with Crippen molar-refractivity contribution in [1.82, 2.24) is 20.5 Å². The third-order valence-corrected chi connectivity index (χ3v) is 13.5. The number of carbonyl (C=O) groups excluding carboxylic acids is 2. The van der Waals surface area contributed by atoms with Crippen molar-refractivity contribution in [1.29, 1.82) is 0 Å². The van der Waals surface area contributed by atoms with Crippen molar-refractivity contribution in [3.8, 4) is 0 Å². The van der Waals surface area contributed by atoms with Gasteiger partial charge in [-0.3, -0.25) is 14.2 Å². The molecular formula is C35H44ClN6O3S3+. The largest absolute Gasteiger partial charge is 0.356 e. The summed E-state index contributed by atoms with van der Waals surface area (Å²) in [5.41, 5.74) is 2.05. The number of amides is 3. The van der Waals surface area contributed by atoms with Crippen molar-refractivity contribution in [3.63, 3.8) is 0 Å². The number of fused-ring (bicyclic) bond motifs is 2. The Morgan fingerprint density at radius 3 is 2.77 bits per heavy atom. The molecule has 3 aromatic rings. The van der Waals surface area contributed by atoms with Gasteiger partial charge in [0.05, 0.1) is 22.8 Å². The van der Waals surface area contributed by atoms with Gasteiger partial charge in [-0.2, -0.15) is 16.3 Å². The van der Waals surface area contributed by atoms with Crippen LogP contribution in [0.25, 0.3) is 11.1 Å². The molecule has 1 aromatic carbocycles. The van der Waals surface area contributed by atoms with E-state index in [0.29, 0.717) is 23.2 Å². The first-order valence-corrected chi connectivity index (χ1v) is 20.0. The highest BCUT2D eigenvalue weighted by Crippen LogP contribution is 2.48. The monoisotopic (exact) mass is 727 g/mol. The van der Waals surface area contributed by atoms with E-state index in [1.165, 1.54) is 11.3 Å². The van der Waals surface area contributed by atoms with Gasteiger partial charge in [0.1, 0.15) is 20.8 Å². The first-order valence-electron chi connectivity index (χ1n) is 16.9. The molecule has 0 bridgehead atoms. The number of thioether (sulfide) groups is 2. The fourth-order valence-corrected chi connectivity index (χ4v) is 11.0. The maximum Gasteiger partial charge on any atom is 0.315 e. The molecule has 256 valence electrons. The molecule has 3 aliphatic rings. The Morgan fingerprint density at radius 2 is 1.94 bits per heavy atom. The van der Waals surface area contributed by atoms with Gasteiger partial charge in [0.2, 0.25) is 11.6 Å². The number of benzene rings is 1. The molecule has 5 heterocycles. The number of aromatic nitrogens is 2. The van der Waals surface area contributed by atoms with E-state index >= 15 is 0 Å². The Bertz CT molecular complexity index is 1830. The predicted octanol–water partition coefficient (Wildman–Crippen LogP) is 4.41. The van der Waals surface area contributed by atoms with E-state index in [1.54, 1.807) is 11.8 Å². The third-order valence-electron chi connectivity index (χ3n) is 9.19. The number of anilines is 1. The van der Waals surface area contributed by atoms with E-state index in [9.17, 15) is 14.4 Å². The zero-order chi connectivity index (χ0) is 33.6. The number of para-hydroxylation sites is 1. The van der Waals surface area contributed by atoms with Crippen LogP contribution in [0.4, 0.5) is 10.5 Å². The molecule has 2 saturated heterocycles. The third kappa shape index (κ3) is 7.93. The average Bonchev–Trinajstić information content (AvgIpc) is 3.81. The van der Waals surface area contributed by atoms with Crippen LogP contribution in [0.3, 0.4) is 0 Å². The summed E-state index contributed by atoms with van der Waals surface area (Å²) >= 11 is 11.6. The Kier molecular flexibility index (Phi) is 11.8. The van der Waals surface area contributed by atoms with Gasteiger partial charge in [-0.1, -0.05) is 42.3 Å². The summed E-state index contributed by atoms with van der Waals surface area (Å²) in [6.07, 6.45) is 11.9. The molecule has 6 rings (SSSR count). The van der Waals surface area contributed by atoms with Gasteiger partial charge in [-0.05, 0) is 50.8 Å². The van der Waals surface area contributed by atoms with Crippen LogP contribution in [0.2, 0.25) is 5.02 Å². The van der Waals surface area contributed by atoms with Crippen LogP contribution < -0.4 is 40.2 Å². The molecule has 13 heteroatoms. The molecule has 2 fully saturated rings. The second kappa shape index (κ2) is 16.2. The number of thiazole rings is 1. The number of nitrogens with zero attached hydrogens (tertiary/aromatic N) is 3. The topological polar surface area (TPSA) is 99.3 Å². The second-order valence-corrected chi connectivity index (χ2v) is 16.2. The molecule has 3 N–H and O–H groups in total. The van der Waals surface area contributed by atoms with Crippen molar-refractivity contribution >= 4 is 75.2 Å². The van der Waals surface area contributed by atoms with Crippen LogP contribution in [0.5, 0.6) is 0 Å². The standard InChI is InChI=1S/C35H43ClN6O3S3/c1-3-42-29(48-32(33(42)44)34-40(2)31-24(36)14-12-16-27(31)47-34)21-23-13-8-11-20-41(23)19-10-5-4-9-18-37-28(43)17-7-6-15-26-30-25(22-46-26)38-35(45)39-30/h8,11-14,16,20-21,25-26,30H,3-7,9-10,15,17-19,22H2,1-2H3,(H2-,37,38,39,43,45)/p+1/b34-32+/t25-,26-,30-/m0/s1. The number of carbonyl (C=O) groups is 2.